The molecule has 0 saturated heterocycles. The third-order valence-corrected chi connectivity index (χ3v) is 3.48. The largest absolute Gasteiger partial charge is 0.486 e. The van der Waals surface area contributed by atoms with Crippen LogP contribution in [0, 0.1) is 0 Å². The molecule has 1 aromatic carbocycles. The van der Waals surface area contributed by atoms with Crippen LogP contribution in [0.25, 0.3) is 11.4 Å². The predicted octanol–water partition coefficient (Wildman–Crippen LogP) is 2.48. The van der Waals surface area contributed by atoms with E-state index in [0.717, 1.165) is 22.9 Å². The van der Waals surface area contributed by atoms with Gasteiger partial charge in [-0.15, -0.1) is 0 Å². The molecule has 0 fully saturated rings. The summed E-state index contributed by atoms with van der Waals surface area (Å²) in [6.07, 6.45) is 4.37. The average molecular weight is 288 g/mol. The van der Waals surface area contributed by atoms with Crippen molar-refractivity contribution in [2.75, 3.05) is 13.2 Å². The van der Waals surface area contributed by atoms with Crippen molar-refractivity contribution in [1.29, 1.82) is 0 Å². The van der Waals surface area contributed by atoms with Crippen molar-refractivity contribution in [1.82, 2.24) is 9.55 Å². The first kappa shape index (κ1) is 13.9. The van der Waals surface area contributed by atoms with Crippen LogP contribution in [0.4, 0.5) is 0 Å². The highest BCUT2D eigenvalue weighted by Crippen LogP contribution is 2.34. The number of fused-ring (bicyclic) bond motifs is 1. The topological polar surface area (TPSA) is 56.5 Å². The van der Waals surface area contributed by atoms with Crippen LogP contribution in [0.5, 0.6) is 11.5 Å². The first-order valence-electron chi connectivity index (χ1n) is 7.16. The second kappa shape index (κ2) is 5.41. The maximum Gasteiger partial charge on any atom is 0.162 e. The van der Waals surface area contributed by atoms with Crippen LogP contribution in [-0.2, 0) is 6.54 Å². The van der Waals surface area contributed by atoms with Crippen LogP contribution in [0.15, 0.2) is 30.6 Å². The summed E-state index contributed by atoms with van der Waals surface area (Å²) in [6, 6.07) is 5.85. The molecule has 0 amide bonds. The molecular formula is C16H20N2O3. The summed E-state index contributed by atoms with van der Waals surface area (Å²) in [5.41, 5.74) is 0.300. The summed E-state index contributed by atoms with van der Waals surface area (Å²) in [5.74, 6) is 2.41. The zero-order valence-electron chi connectivity index (χ0n) is 12.4. The molecule has 2 aromatic rings. The maximum atomic E-state index is 9.87. The highest BCUT2D eigenvalue weighted by Gasteiger charge is 2.16. The minimum absolute atomic E-state index is 0.573. The molecule has 0 bridgehead atoms. The molecule has 0 saturated carbocycles. The number of benzene rings is 1. The maximum absolute atomic E-state index is 9.87. The molecule has 0 aliphatic carbocycles. The van der Waals surface area contributed by atoms with Crippen LogP contribution < -0.4 is 9.47 Å². The van der Waals surface area contributed by atoms with Crippen LogP contribution in [0.2, 0.25) is 0 Å². The molecule has 1 N–H and O–H groups in total. The van der Waals surface area contributed by atoms with Crippen molar-refractivity contribution in [2.45, 2.75) is 32.4 Å². The lowest BCUT2D eigenvalue weighted by atomic mass is 10.1. The molecule has 2 heterocycles. The zero-order valence-corrected chi connectivity index (χ0v) is 12.4. The van der Waals surface area contributed by atoms with Gasteiger partial charge in [-0.05, 0) is 38.5 Å². The number of ether oxygens (including phenoxy) is 2. The first-order valence-corrected chi connectivity index (χ1v) is 7.16. The van der Waals surface area contributed by atoms with E-state index in [9.17, 15) is 5.11 Å². The summed E-state index contributed by atoms with van der Waals surface area (Å²) in [7, 11) is 0. The van der Waals surface area contributed by atoms with Crippen molar-refractivity contribution in [3.63, 3.8) is 0 Å². The van der Waals surface area contributed by atoms with Gasteiger partial charge in [0.05, 0.1) is 5.60 Å². The fourth-order valence-electron chi connectivity index (χ4n) is 2.33. The number of aliphatic hydroxyl groups is 1. The minimum atomic E-state index is -0.686. The molecular weight excluding hydrogens is 268 g/mol. The monoisotopic (exact) mass is 288 g/mol. The summed E-state index contributed by atoms with van der Waals surface area (Å²) < 4.78 is 13.2. The molecule has 5 nitrogen and oxygen atoms in total. The second-order valence-electron chi connectivity index (χ2n) is 5.87. The van der Waals surface area contributed by atoms with Crippen molar-refractivity contribution < 1.29 is 14.6 Å². The van der Waals surface area contributed by atoms with E-state index >= 15 is 0 Å². The normalized spacial score (nSPS) is 14.2. The number of rotatable bonds is 4. The molecule has 1 aliphatic heterocycles. The highest BCUT2D eigenvalue weighted by molar-refractivity contribution is 5.61. The Morgan fingerprint density at radius 1 is 1.24 bits per heavy atom. The minimum Gasteiger partial charge on any atom is -0.486 e. The Bertz CT molecular complexity index is 629. The molecule has 1 aliphatic rings. The Morgan fingerprint density at radius 2 is 2.00 bits per heavy atom. The molecule has 21 heavy (non-hydrogen) atoms. The Labute approximate surface area is 124 Å². The molecule has 3 rings (SSSR count). The molecule has 0 unspecified atom stereocenters. The standard InChI is InChI=1S/C16H20N2O3/c1-16(2,19)5-7-18-8-6-17-15(18)12-3-4-13-14(11-12)21-10-9-20-13/h3-4,6,8,11,19H,5,7,9-10H2,1-2H3. The SMILES string of the molecule is CC(C)(O)CCn1ccnc1-c1ccc2c(c1)OCCO2. The summed E-state index contributed by atoms with van der Waals surface area (Å²) >= 11 is 0. The number of aryl methyl sites for hydroxylation is 1. The van der Waals surface area contributed by atoms with E-state index in [4.69, 9.17) is 9.47 Å². The van der Waals surface area contributed by atoms with Crippen LogP contribution in [0.3, 0.4) is 0 Å². The van der Waals surface area contributed by atoms with Gasteiger partial charge in [0.15, 0.2) is 11.5 Å². The van der Waals surface area contributed by atoms with E-state index in [-0.39, 0.29) is 0 Å². The van der Waals surface area contributed by atoms with Crippen molar-refractivity contribution >= 4 is 0 Å². The molecule has 1 aromatic heterocycles. The first-order chi connectivity index (χ1) is 10.0. The highest BCUT2D eigenvalue weighted by atomic mass is 16.6. The zero-order chi connectivity index (χ0) is 14.9. The van der Waals surface area contributed by atoms with Gasteiger partial charge in [-0.2, -0.15) is 0 Å². The number of nitrogens with zero attached hydrogens (tertiary/aromatic N) is 2. The third-order valence-electron chi connectivity index (χ3n) is 3.48. The Morgan fingerprint density at radius 3 is 2.76 bits per heavy atom. The second-order valence-corrected chi connectivity index (χ2v) is 5.87. The van der Waals surface area contributed by atoms with Crippen molar-refractivity contribution in [3.8, 4) is 22.9 Å². The number of hydrogen-bond acceptors (Lipinski definition) is 4. The Balaban J connectivity index is 1.86. The summed E-state index contributed by atoms with van der Waals surface area (Å²) in [6.45, 7) is 5.50. The van der Waals surface area contributed by atoms with E-state index in [1.54, 1.807) is 6.20 Å². The number of aromatic nitrogens is 2. The van der Waals surface area contributed by atoms with E-state index in [0.29, 0.717) is 26.2 Å². The van der Waals surface area contributed by atoms with Gasteiger partial charge in [-0.1, -0.05) is 0 Å². The number of hydrogen-bond donors (Lipinski definition) is 1. The van der Waals surface area contributed by atoms with Gasteiger partial charge in [0.2, 0.25) is 0 Å². The fraction of sp³-hybridized carbons (Fsp3) is 0.438. The van der Waals surface area contributed by atoms with Crippen molar-refractivity contribution in [3.05, 3.63) is 30.6 Å². The lowest BCUT2D eigenvalue weighted by molar-refractivity contribution is 0.0663. The van der Waals surface area contributed by atoms with E-state index in [2.05, 4.69) is 4.98 Å². The van der Waals surface area contributed by atoms with Gasteiger partial charge in [0.25, 0.3) is 0 Å². The van der Waals surface area contributed by atoms with Gasteiger partial charge in [-0.3, -0.25) is 0 Å². The predicted molar refractivity (Wildman–Crippen MR) is 79.6 cm³/mol. The molecule has 0 atom stereocenters. The summed E-state index contributed by atoms with van der Waals surface area (Å²) in [4.78, 5) is 4.42. The lowest BCUT2D eigenvalue weighted by Gasteiger charge is -2.20. The molecule has 0 spiro atoms. The quantitative estimate of drug-likeness (QED) is 0.939. The average Bonchev–Trinajstić information content (AvgIpc) is 2.92. The van der Waals surface area contributed by atoms with E-state index < -0.39 is 5.60 Å². The smallest absolute Gasteiger partial charge is 0.162 e. The van der Waals surface area contributed by atoms with Crippen molar-refractivity contribution in [2.24, 2.45) is 0 Å². The van der Waals surface area contributed by atoms with E-state index in [1.807, 2.05) is 42.8 Å². The summed E-state index contributed by atoms with van der Waals surface area (Å²) in [5, 5.41) is 9.87. The molecule has 5 heteroatoms. The van der Waals surface area contributed by atoms with Gasteiger partial charge in [0.1, 0.15) is 19.0 Å². The molecule has 112 valence electrons. The molecule has 0 radical (unpaired) electrons. The van der Waals surface area contributed by atoms with E-state index in [1.165, 1.54) is 0 Å². The Kier molecular flexibility index (Phi) is 3.59. The van der Waals surface area contributed by atoms with Gasteiger partial charge in [-0.25, -0.2) is 4.98 Å². The van der Waals surface area contributed by atoms with Crippen LogP contribution >= 0.6 is 0 Å². The van der Waals surface area contributed by atoms with Gasteiger partial charge < -0.3 is 19.1 Å². The van der Waals surface area contributed by atoms with Gasteiger partial charge >= 0.3 is 0 Å². The fourth-order valence-corrected chi connectivity index (χ4v) is 2.33. The van der Waals surface area contributed by atoms with Gasteiger partial charge in [0, 0.05) is 24.5 Å². The third kappa shape index (κ3) is 3.19. The Hall–Kier alpha value is -2.01. The lowest BCUT2D eigenvalue weighted by Crippen LogP contribution is -2.21. The van der Waals surface area contributed by atoms with Crippen LogP contribution in [0.1, 0.15) is 20.3 Å². The van der Waals surface area contributed by atoms with Crippen LogP contribution in [-0.4, -0.2) is 33.5 Å². The number of imidazole rings is 1.